The van der Waals surface area contributed by atoms with Crippen LogP contribution in [0.2, 0.25) is 0 Å². The molecule has 0 aromatic carbocycles. The molecular weight excluding hydrogens is 287 g/mol. The Balaban J connectivity index is 2.38. The average Bonchev–Trinajstić information content (AvgIpc) is 2.37. The van der Waals surface area contributed by atoms with Crippen LogP contribution in [0.15, 0.2) is 24.3 Å². The topological polar surface area (TPSA) is 68.1 Å². The third-order valence-corrected chi connectivity index (χ3v) is 2.55. The molecule has 5 nitrogen and oxygen atoms in total. The van der Waals surface area contributed by atoms with Crippen LogP contribution in [0, 0.1) is 19.1 Å². The van der Waals surface area contributed by atoms with Crippen molar-refractivity contribution >= 4 is 11.6 Å². The van der Waals surface area contributed by atoms with Crippen LogP contribution in [0.3, 0.4) is 0 Å². The molecule has 2 N–H and O–H groups in total. The number of alkyl halides is 3. The molecule has 0 aliphatic carbocycles. The van der Waals surface area contributed by atoms with Gasteiger partial charge in [-0.05, 0) is 0 Å². The maximum atomic E-state index is 11.8. The van der Waals surface area contributed by atoms with Gasteiger partial charge in [0.2, 0.25) is 5.91 Å². The minimum Gasteiger partial charge on any atom is -0.618 e. The molecule has 116 valence electrons. The predicted octanol–water partition coefficient (Wildman–Crippen LogP) is 1.58. The number of amides is 1. The number of anilines is 1. The highest BCUT2D eigenvalue weighted by Gasteiger charge is 2.22. The standard InChI is InChI=1S/C13H16F3N3O2/c1-9-7-11(8-10(2)19(9)21)17-5-6-18-12(20)3-4-13(14,15)16/h3-4,7-8,17H,5-6H2,1-2H3,(H,18,20)/b4-3+. The fourth-order valence-electron chi connectivity index (χ4n) is 1.61. The van der Waals surface area contributed by atoms with Crippen LogP contribution in [-0.2, 0) is 4.79 Å². The fourth-order valence-corrected chi connectivity index (χ4v) is 1.61. The van der Waals surface area contributed by atoms with Gasteiger partial charge in [0.15, 0.2) is 11.4 Å². The van der Waals surface area contributed by atoms with Crippen LogP contribution in [-0.4, -0.2) is 25.2 Å². The van der Waals surface area contributed by atoms with Crippen LogP contribution in [0.4, 0.5) is 18.9 Å². The van der Waals surface area contributed by atoms with Crippen molar-refractivity contribution in [2.45, 2.75) is 20.0 Å². The molecule has 0 aliphatic heterocycles. The number of pyridine rings is 1. The average molecular weight is 303 g/mol. The predicted molar refractivity (Wildman–Crippen MR) is 71.6 cm³/mol. The number of halogens is 3. The number of hydrogen-bond acceptors (Lipinski definition) is 3. The Kier molecular flexibility index (Phi) is 5.57. The van der Waals surface area contributed by atoms with Crippen LogP contribution in [0.5, 0.6) is 0 Å². The first-order chi connectivity index (χ1) is 9.69. The first kappa shape index (κ1) is 16.8. The van der Waals surface area contributed by atoms with E-state index < -0.39 is 12.1 Å². The molecule has 0 bridgehead atoms. The summed E-state index contributed by atoms with van der Waals surface area (Å²) in [5.41, 5.74) is 1.75. The van der Waals surface area contributed by atoms with Crippen molar-refractivity contribution in [3.63, 3.8) is 0 Å². The van der Waals surface area contributed by atoms with E-state index in [1.807, 2.05) is 0 Å². The molecule has 1 heterocycles. The summed E-state index contributed by atoms with van der Waals surface area (Å²) < 4.78 is 36.3. The lowest BCUT2D eigenvalue weighted by Crippen LogP contribution is -2.34. The zero-order valence-corrected chi connectivity index (χ0v) is 11.6. The molecule has 0 aliphatic rings. The van der Waals surface area contributed by atoms with Gasteiger partial charge < -0.3 is 15.8 Å². The van der Waals surface area contributed by atoms with E-state index in [2.05, 4.69) is 10.6 Å². The molecule has 0 unspecified atom stereocenters. The van der Waals surface area contributed by atoms with E-state index in [1.54, 1.807) is 26.0 Å². The molecule has 1 aromatic heterocycles. The Bertz CT molecular complexity index is 519. The number of hydrogen-bond donors (Lipinski definition) is 2. The molecule has 0 atom stereocenters. The molecule has 0 fully saturated rings. The second-order valence-electron chi connectivity index (χ2n) is 4.41. The van der Waals surface area contributed by atoms with Gasteiger partial charge in [-0.25, -0.2) is 0 Å². The van der Waals surface area contributed by atoms with E-state index in [9.17, 15) is 23.2 Å². The van der Waals surface area contributed by atoms with Crippen LogP contribution in [0.25, 0.3) is 0 Å². The smallest absolute Gasteiger partial charge is 0.409 e. The number of carbonyl (C=O) groups is 1. The Labute approximate surface area is 120 Å². The first-order valence-corrected chi connectivity index (χ1v) is 6.17. The van der Waals surface area contributed by atoms with Crippen LogP contribution in [0.1, 0.15) is 11.4 Å². The highest BCUT2D eigenvalue weighted by Crippen LogP contribution is 2.15. The van der Waals surface area contributed by atoms with E-state index in [4.69, 9.17) is 0 Å². The molecule has 0 spiro atoms. The van der Waals surface area contributed by atoms with E-state index >= 15 is 0 Å². The van der Waals surface area contributed by atoms with Crippen LogP contribution >= 0.6 is 0 Å². The van der Waals surface area contributed by atoms with Crippen molar-refractivity contribution in [3.8, 4) is 0 Å². The Morgan fingerprint density at radius 3 is 2.38 bits per heavy atom. The summed E-state index contributed by atoms with van der Waals surface area (Å²) in [6.45, 7) is 3.81. The first-order valence-electron chi connectivity index (χ1n) is 6.17. The van der Waals surface area contributed by atoms with Gasteiger partial charge in [-0.3, -0.25) is 4.79 Å². The molecule has 0 radical (unpaired) electrons. The van der Waals surface area contributed by atoms with Gasteiger partial charge in [0.25, 0.3) is 0 Å². The highest BCUT2D eigenvalue weighted by atomic mass is 19.4. The lowest BCUT2D eigenvalue weighted by Gasteiger charge is -2.10. The van der Waals surface area contributed by atoms with E-state index in [-0.39, 0.29) is 12.6 Å². The van der Waals surface area contributed by atoms with Gasteiger partial charge in [0.05, 0.1) is 0 Å². The molecular formula is C13H16F3N3O2. The number of aryl methyl sites for hydroxylation is 2. The van der Waals surface area contributed by atoms with Gasteiger partial charge in [0.1, 0.15) is 0 Å². The molecule has 1 amide bonds. The van der Waals surface area contributed by atoms with Crippen molar-refractivity contribution in [1.29, 1.82) is 0 Å². The van der Waals surface area contributed by atoms with Crippen molar-refractivity contribution in [2.24, 2.45) is 0 Å². The lowest BCUT2D eigenvalue weighted by molar-refractivity contribution is -0.618. The largest absolute Gasteiger partial charge is 0.618 e. The summed E-state index contributed by atoms with van der Waals surface area (Å²) in [5, 5.41) is 16.7. The van der Waals surface area contributed by atoms with Crippen molar-refractivity contribution in [1.82, 2.24) is 5.32 Å². The fraction of sp³-hybridized carbons (Fsp3) is 0.385. The zero-order valence-electron chi connectivity index (χ0n) is 11.6. The van der Waals surface area contributed by atoms with Crippen molar-refractivity contribution < 1.29 is 22.7 Å². The molecule has 1 rings (SSSR count). The molecule has 1 aromatic rings. The van der Waals surface area contributed by atoms with Crippen molar-refractivity contribution in [3.05, 3.63) is 40.9 Å². The normalized spacial score (nSPS) is 11.7. The molecule has 0 saturated heterocycles. The van der Waals surface area contributed by atoms with E-state index in [0.29, 0.717) is 29.7 Å². The number of nitrogens with one attached hydrogen (secondary N) is 2. The summed E-state index contributed by atoms with van der Waals surface area (Å²) in [4.78, 5) is 11.1. The van der Waals surface area contributed by atoms with Gasteiger partial charge >= 0.3 is 6.18 Å². The van der Waals surface area contributed by atoms with Gasteiger partial charge in [0, 0.05) is 56.9 Å². The number of rotatable bonds is 5. The third-order valence-electron chi connectivity index (χ3n) is 2.55. The monoisotopic (exact) mass is 303 g/mol. The number of carbonyl (C=O) groups excluding carboxylic acids is 1. The summed E-state index contributed by atoms with van der Waals surface area (Å²) in [6.07, 6.45) is -4.17. The van der Waals surface area contributed by atoms with Gasteiger partial charge in [-0.2, -0.15) is 17.9 Å². The number of nitrogens with zero attached hydrogens (tertiary/aromatic N) is 1. The minimum absolute atomic E-state index is 0.118. The van der Waals surface area contributed by atoms with E-state index in [0.717, 1.165) is 4.73 Å². The number of allylic oxidation sites excluding steroid dienone is 1. The highest BCUT2D eigenvalue weighted by molar-refractivity contribution is 5.87. The van der Waals surface area contributed by atoms with Crippen LogP contribution < -0.4 is 15.4 Å². The molecule has 8 heteroatoms. The lowest BCUT2D eigenvalue weighted by atomic mass is 10.3. The summed E-state index contributed by atoms with van der Waals surface area (Å²) in [5.74, 6) is -0.813. The SMILES string of the molecule is Cc1cc(NCCNC(=O)/C=C/C(F)(F)F)cc(C)[n+]1[O-]. The summed E-state index contributed by atoms with van der Waals surface area (Å²) in [7, 11) is 0. The quantitative estimate of drug-likeness (QED) is 0.376. The zero-order chi connectivity index (χ0) is 16.0. The third kappa shape index (κ3) is 6.15. The van der Waals surface area contributed by atoms with Gasteiger partial charge in [-0.1, -0.05) is 0 Å². The Hall–Kier alpha value is -2.25. The second-order valence-corrected chi connectivity index (χ2v) is 4.41. The van der Waals surface area contributed by atoms with Crippen molar-refractivity contribution in [2.75, 3.05) is 18.4 Å². The number of aromatic nitrogens is 1. The Morgan fingerprint density at radius 1 is 1.29 bits per heavy atom. The Morgan fingerprint density at radius 2 is 1.86 bits per heavy atom. The van der Waals surface area contributed by atoms with Gasteiger partial charge in [-0.15, -0.1) is 0 Å². The maximum Gasteiger partial charge on any atom is 0.409 e. The minimum atomic E-state index is -4.50. The summed E-state index contributed by atoms with van der Waals surface area (Å²) in [6, 6.07) is 3.29. The molecule has 21 heavy (non-hydrogen) atoms. The maximum absolute atomic E-state index is 11.8. The van der Waals surface area contributed by atoms with E-state index in [1.165, 1.54) is 0 Å². The summed E-state index contributed by atoms with van der Waals surface area (Å²) >= 11 is 0. The molecule has 0 saturated carbocycles. The second kappa shape index (κ2) is 6.96.